The standard InChI is InChI=1S/C13H18BrNO2/c1-2-11(13(16)17)9-15-8-7-10-3-5-12(14)6-4-10/h3-6,11,15H,2,7-9H2,1H3,(H,16,17). The number of aliphatic carboxylic acids is 1. The van der Waals surface area contributed by atoms with Crippen LogP contribution < -0.4 is 5.32 Å². The summed E-state index contributed by atoms with van der Waals surface area (Å²) in [6.07, 6.45) is 1.59. The number of hydrogen-bond acceptors (Lipinski definition) is 2. The van der Waals surface area contributed by atoms with E-state index in [1.54, 1.807) is 0 Å². The van der Waals surface area contributed by atoms with E-state index >= 15 is 0 Å². The van der Waals surface area contributed by atoms with Crippen LogP contribution in [0.1, 0.15) is 18.9 Å². The Hall–Kier alpha value is -0.870. The number of carboxylic acid groups (broad SMARTS) is 1. The van der Waals surface area contributed by atoms with Gasteiger partial charge in [-0.1, -0.05) is 35.0 Å². The highest BCUT2D eigenvalue weighted by Gasteiger charge is 2.13. The van der Waals surface area contributed by atoms with Gasteiger partial charge in [-0.15, -0.1) is 0 Å². The van der Waals surface area contributed by atoms with Crippen LogP contribution >= 0.6 is 15.9 Å². The van der Waals surface area contributed by atoms with Crippen molar-refractivity contribution >= 4 is 21.9 Å². The third-order valence-corrected chi connectivity index (χ3v) is 3.27. The third-order valence-electron chi connectivity index (χ3n) is 2.74. The highest BCUT2D eigenvalue weighted by Crippen LogP contribution is 2.10. The topological polar surface area (TPSA) is 49.3 Å². The van der Waals surface area contributed by atoms with Gasteiger partial charge in [0.15, 0.2) is 0 Å². The van der Waals surface area contributed by atoms with Gasteiger partial charge in [-0.3, -0.25) is 4.79 Å². The fourth-order valence-electron chi connectivity index (χ4n) is 1.57. The highest BCUT2D eigenvalue weighted by atomic mass is 79.9. The van der Waals surface area contributed by atoms with Gasteiger partial charge in [0.05, 0.1) is 5.92 Å². The van der Waals surface area contributed by atoms with E-state index in [2.05, 4.69) is 33.4 Å². The normalized spacial score (nSPS) is 12.4. The molecule has 3 nitrogen and oxygen atoms in total. The third kappa shape index (κ3) is 5.33. The SMILES string of the molecule is CCC(CNCCc1ccc(Br)cc1)C(=O)O. The first-order chi connectivity index (χ1) is 8.13. The maximum Gasteiger partial charge on any atom is 0.307 e. The van der Waals surface area contributed by atoms with Crippen LogP contribution in [0.15, 0.2) is 28.7 Å². The Labute approximate surface area is 110 Å². The van der Waals surface area contributed by atoms with Gasteiger partial charge in [-0.25, -0.2) is 0 Å². The largest absolute Gasteiger partial charge is 0.481 e. The number of carbonyl (C=O) groups is 1. The maximum absolute atomic E-state index is 10.8. The van der Waals surface area contributed by atoms with E-state index in [4.69, 9.17) is 5.11 Å². The summed E-state index contributed by atoms with van der Waals surface area (Å²) in [6, 6.07) is 8.17. The molecule has 1 rings (SSSR count). The molecule has 0 aliphatic carbocycles. The van der Waals surface area contributed by atoms with Gasteiger partial charge in [0, 0.05) is 11.0 Å². The minimum absolute atomic E-state index is 0.278. The Balaban J connectivity index is 2.24. The Bertz CT molecular complexity index is 351. The van der Waals surface area contributed by atoms with Crippen LogP contribution in [0, 0.1) is 5.92 Å². The van der Waals surface area contributed by atoms with Crippen LogP contribution in [-0.2, 0) is 11.2 Å². The van der Waals surface area contributed by atoms with Crippen LogP contribution in [0.3, 0.4) is 0 Å². The summed E-state index contributed by atoms with van der Waals surface area (Å²) in [5, 5.41) is 12.1. The molecule has 0 aliphatic heterocycles. The van der Waals surface area contributed by atoms with Crippen LogP contribution in [-0.4, -0.2) is 24.2 Å². The van der Waals surface area contributed by atoms with Crippen molar-refractivity contribution in [2.45, 2.75) is 19.8 Å². The molecule has 0 bridgehead atoms. The molecule has 0 spiro atoms. The average molecular weight is 300 g/mol. The lowest BCUT2D eigenvalue weighted by Crippen LogP contribution is -2.29. The molecule has 0 fully saturated rings. The van der Waals surface area contributed by atoms with Gasteiger partial charge >= 0.3 is 5.97 Å². The van der Waals surface area contributed by atoms with E-state index < -0.39 is 5.97 Å². The predicted octanol–water partition coefficient (Wildman–Crippen LogP) is 2.69. The monoisotopic (exact) mass is 299 g/mol. The number of carboxylic acids is 1. The first-order valence-corrected chi connectivity index (χ1v) is 6.60. The lowest BCUT2D eigenvalue weighted by Gasteiger charge is -2.10. The molecular weight excluding hydrogens is 282 g/mol. The quantitative estimate of drug-likeness (QED) is 0.761. The Morgan fingerprint density at radius 1 is 1.41 bits per heavy atom. The molecule has 0 aromatic heterocycles. The van der Waals surface area contributed by atoms with E-state index in [0.717, 1.165) is 17.4 Å². The lowest BCUT2D eigenvalue weighted by atomic mass is 10.1. The summed E-state index contributed by atoms with van der Waals surface area (Å²) in [4.78, 5) is 10.8. The van der Waals surface area contributed by atoms with Gasteiger partial charge in [0.25, 0.3) is 0 Å². The molecule has 0 heterocycles. The molecule has 17 heavy (non-hydrogen) atoms. The van der Waals surface area contributed by atoms with E-state index in [9.17, 15) is 4.79 Å². The summed E-state index contributed by atoms with van der Waals surface area (Å²) in [6.45, 7) is 3.25. The van der Waals surface area contributed by atoms with Crippen molar-refractivity contribution in [2.75, 3.05) is 13.1 Å². The number of hydrogen-bond donors (Lipinski definition) is 2. The fourth-order valence-corrected chi connectivity index (χ4v) is 1.83. The van der Waals surface area contributed by atoms with Gasteiger partial charge in [-0.05, 0) is 37.1 Å². The molecule has 4 heteroatoms. The molecular formula is C13H18BrNO2. The minimum atomic E-state index is -0.719. The van der Waals surface area contributed by atoms with Gasteiger partial charge in [0.2, 0.25) is 0 Å². The van der Waals surface area contributed by atoms with Crippen molar-refractivity contribution in [1.29, 1.82) is 0 Å². The minimum Gasteiger partial charge on any atom is -0.481 e. The first-order valence-electron chi connectivity index (χ1n) is 5.81. The Morgan fingerprint density at radius 2 is 2.06 bits per heavy atom. The summed E-state index contributed by atoms with van der Waals surface area (Å²) in [7, 11) is 0. The molecule has 1 unspecified atom stereocenters. The molecule has 94 valence electrons. The molecule has 1 aromatic carbocycles. The molecule has 0 saturated carbocycles. The zero-order valence-electron chi connectivity index (χ0n) is 9.95. The van der Waals surface area contributed by atoms with Crippen molar-refractivity contribution in [3.63, 3.8) is 0 Å². The molecule has 0 radical (unpaired) electrons. The van der Waals surface area contributed by atoms with Crippen molar-refractivity contribution in [1.82, 2.24) is 5.32 Å². The van der Waals surface area contributed by atoms with Crippen LogP contribution in [0.25, 0.3) is 0 Å². The molecule has 0 aliphatic rings. The fraction of sp³-hybridized carbons (Fsp3) is 0.462. The van der Waals surface area contributed by atoms with E-state index in [1.807, 2.05) is 19.1 Å². The highest BCUT2D eigenvalue weighted by molar-refractivity contribution is 9.10. The summed E-state index contributed by atoms with van der Waals surface area (Å²) >= 11 is 3.39. The van der Waals surface area contributed by atoms with Crippen molar-refractivity contribution < 1.29 is 9.90 Å². The van der Waals surface area contributed by atoms with E-state index in [1.165, 1.54) is 5.56 Å². The summed E-state index contributed by atoms with van der Waals surface area (Å²) in [5.41, 5.74) is 1.25. The van der Waals surface area contributed by atoms with Gasteiger partial charge in [-0.2, -0.15) is 0 Å². The number of rotatable bonds is 7. The lowest BCUT2D eigenvalue weighted by molar-refractivity contribution is -0.141. The van der Waals surface area contributed by atoms with Crippen molar-refractivity contribution in [2.24, 2.45) is 5.92 Å². The summed E-state index contributed by atoms with van der Waals surface area (Å²) in [5.74, 6) is -0.997. The molecule has 2 N–H and O–H groups in total. The van der Waals surface area contributed by atoms with Crippen molar-refractivity contribution in [3.8, 4) is 0 Å². The van der Waals surface area contributed by atoms with Gasteiger partial charge in [0.1, 0.15) is 0 Å². The summed E-state index contributed by atoms with van der Waals surface area (Å²) < 4.78 is 1.08. The van der Waals surface area contributed by atoms with E-state index in [-0.39, 0.29) is 5.92 Å². The molecule has 1 atom stereocenters. The van der Waals surface area contributed by atoms with Crippen LogP contribution in [0.5, 0.6) is 0 Å². The van der Waals surface area contributed by atoms with Gasteiger partial charge < -0.3 is 10.4 Å². The Kier molecular flexibility index (Phi) is 6.22. The zero-order valence-corrected chi connectivity index (χ0v) is 11.5. The Morgan fingerprint density at radius 3 is 2.59 bits per heavy atom. The average Bonchev–Trinajstić information content (AvgIpc) is 2.31. The molecule has 0 saturated heterocycles. The second-order valence-corrected chi connectivity index (χ2v) is 4.94. The predicted molar refractivity (Wildman–Crippen MR) is 72.1 cm³/mol. The van der Waals surface area contributed by atoms with Crippen LogP contribution in [0.4, 0.5) is 0 Å². The number of halogens is 1. The van der Waals surface area contributed by atoms with Crippen molar-refractivity contribution in [3.05, 3.63) is 34.3 Å². The smallest absolute Gasteiger partial charge is 0.307 e. The molecule has 0 amide bonds. The second-order valence-electron chi connectivity index (χ2n) is 4.02. The zero-order chi connectivity index (χ0) is 12.7. The second kappa shape index (κ2) is 7.45. The number of benzene rings is 1. The number of nitrogens with one attached hydrogen (secondary N) is 1. The molecule has 1 aromatic rings. The van der Waals surface area contributed by atoms with E-state index in [0.29, 0.717) is 13.0 Å². The first kappa shape index (κ1) is 14.2. The van der Waals surface area contributed by atoms with Crippen LogP contribution in [0.2, 0.25) is 0 Å². The maximum atomic E-state index is 10.8.